The van der Waals surface area contributed by atoms with E-state index in [9.17, 15) is 9.18 Å². The summed E-state index contributed by atoms with van der Waals surface area (Å²) in [5.74, 6) is 0.525. The molecule has 0 spiro atoms. The number of nitrogens with zero attached hydrogens (tertiary/aromatic N) is 4. The van der Waals surface area contributed by atoms with E-state index in [0.717, 1.165) is 10.6 Å². The second-order valence-electron chi connectivity index (χ2n) is 6.73. The normalized spacial score (nSPS) is 16.0. The van der Waals surface area contributed by atoms with Gasteiger partial charge in [-0.25, -0.2) is 14.4 Å². The number of thiophene rings is 1. The molecule has 1 aliphatic rings. The van der Waals surface area contributed by atoms with Crippen molar-refractivity contribution in [3.05, 3.63) is 76.6 Å². The fourth-order valence-electron chi connectivity index (χ4n) is 3.31. The highest BCUT2D eigenvalue weighted by atomic mass is 32.2. The van der Waals surface area contributed by atoms with Gasteiger partial charge in [0.2, 0.25) is 5.16 Å². The van der Waals surface area contributed by atoms with Crippen molar-refractivity contribution in [2.24, 2.45) is 5.10 Å². The maximum atomic E-state index is 14.0. The number of aromatic nitrogens is 3. The van der Waals surface area contributed by atoms with Crippen LogP contribution in [0.25, 0.3) is 11.4 Å². The van der Waals surface area contributed by atoms with Crippen LogP contribution in [0.2, 0.25) is 0 Å². The lowest BCUT2D eigenvalue weighted by molar-refractivity contribution is -0.130. The van der Waals surface area contributed by atoms with Gasteiger partial charge < -0.3 is 4.42 Å². The molecule has 0 bridgehead atoms. The van der Waals surface area contributed by atoms with Crippen LogP contribution in [-0.2, 0) is 4.79 Å². The third kappa shape index (κ3) is 4.04. The van der Waals surface area contributed by atoms with E-state index in [2.05, 4.69) is 20.3 Å². The molecule has 0 aliphatic carbocycles. The van der Waals surface area contributed by atoms with Crippen molar-refractivity contribution >= 4 is 34.7 Å². The van der Waals surface area contributed by atoms with Gasteiger partial charge in [-0.05, 0) is 35.7 Å². The number of benzene rings is 1. The molecule has 5 rings (SSSR count). The van der Waals surface area contributed by atoms with E-state index in [1.54, 1.807) is 41.9 Å². The van der Waals surface area contributed by atoms with Crippen molar-refractivity contribution in [2.75, 3.05) is 5.75 Å². The van der Waals surface area contributed by atoms with Crippen molar-refractivity contribution < 1.29 is 13.6 Å². The number of carbonyl (C=O) groups is 1. The summed E-state index contributed by atoms with van der Waals surface area (Å²) in [5.41, 5.74) is 1.19. The lowest BCUT2D eigenvalue weighted by Crippen LogP contribution is -2.28. The summed E-state index contributed by atoms with van der Waals surface area (Å²) in [5, 5.41) is 15.2. The minimum atomic E-state index is -0.389. The van der Waals surface area contributed by atoms with Gasteiger partial charge in [0.25, 0.3) is 5.91 Å². The first-order chi connectivity index (χ1) is 15.2. The van der Waals surface area contributed by atoms with Crippen LogP contribution in [0.3, 0.4) is 0 Å². The summed E-state index contributed by atoms with van der Waals surface area (Å²) in [6, 6.07) is 13.6. The Morgan fingerprint density at radius 1 is 1.26 bits per heavy atom. The second-order valence-corrected chi connectivity index (χ2v) is 8.62. The Morgan fingerprint density at radius 3 is 2.94 bits per heavy atom. The Balaban J connectivity index is 1.31. The number of H-pyrrole nitrogens is 1. The van der Waals surface area contributed by atoms with Crippen LogP contribution in [0.1, 0.15) is 23.1 Å². The van der Waals surface area contributed by atoms with Gasteiger partial charge >= 0.3 is 0 Å². The van der Waals surface area contributed by atoms with Crippen LogP contribution < -0.4 is 0 Å². The summed E-state index contributed by atoms with van der Waals surface area (Å²) in [6.07, 6.45) is 2.18. The van der Waals surface area contributed by atoms with Crippen molar-refractivity contribution in [3.8, 4) is 11.4 Å². The number of carbonyl (C=O) groups excluding carboxylic acids is 1. The summed E-state index contributed by atoms with van der Waals surface area (Å²) in [4.78, 5) is 18.3. The second kappa shape index (κ2) is 8.48. The molecule has 0 saturated heterocycles. The van der Waals surface area contributed by atoms with Crippen molar-refractivity contribution in [1.82, 2.24) is 20.2 Å². The Kier molecular flexibility index (Phi) is 5.39. The predicted molar refractivity (Wildman–Crippen MR) is 116 cm³/mol. The van der Waals surface area contributed by atoms with Crippen LogP contribution in [0.5, 0.6) is 0 Å². The number of hydrazone groups is 1. The molecule has 1 atom stereocenters. The van der Waals surface area contributed by atoms with Gasteiger partial charge in [-0.3, -0.25) is 9.89 Å². The highest BCUT2D eigenvalue weighted by Crippen LogP contribution is 2.34. The number of amides is 1. The summed E-state index contributed by atoms with van der Waals surface area (Å²) >= 11 is 2.76. The SMILES string of the molecule is O=C(CSc1n[nH]c(-c2ccccc2F)n1)N1N=C(c2cccs2)CC1c1ccco1. The fraction of sp³-hybridized carbons (Fsp3) is 0.143. The Morgan fingerprint density at radius 2 is 2.16 bits per heavy atom. The number of hydrogen-bond donors (Lipinski definition) is 1. The van der Waals surface area contributed by atoms with Crippen molar-refractivity contribution in [1.29, 1.82) is 0 Å². The smallest absolute Gasteiger partial charge is 0.253 e. The molecular formula is C21H16FN5O2S2. The lowest BCUT2D eigenvalue weighted by Gasteiger charge is -2.19. The quantitative estimate of drug-likeness (QED) is 0.426. The molecule has 4 aromatic rings. The first-order valence-electron chi connectivity index (χ1n) is 9.46. The molecule has 1 N–H and O–H groups in total. The number of thioether (sulfide) groups is 1. The zero-order valence-corrected chi connectivity index (χ0v) is 17.7. The topological polar surface area (TPSA) is 87.4 Å². The average molecular weight is 454 g/mol. The standard InChI is InChI=1S/C21H16FN5O2S2/c22-14-6-2-1-5-13(14)20-23-21(25-24-20)31-12-19(28)27-16(17-7-3-9-29-17)11-15(26-27)18-8-4-10-30-18/h1-10,16H,11-12H2,(H,23,24,25). The zero-order chi connectivity index (χ0) is 21.2. The molecule has 10 heteroatoms. The summed E-state index contributed by atoms with van der Waals surface area (Å²) in [7, 11) is 0. The maximum Gasteiger partial charge on any atom is 0.253 e. The van der Waals surface area contributed by atoms with Crippen molar-refractivity contribution in [3.63, 3.8) is 0 Å². The first-order valence-corrected chi connectivity index (χ1v) is 11.3. The molecule has 0 radical (unpaired) electrons. The van der Waals surface area contributed by atoms with Gasteiger partial charge in [0.05, 0.1) is 28.2 Å². The maximum absolute atomic E-state index is 14.0. The van der Waals surface area contributed by atoms with Gasteiger partial charge in [-0.2, -0.15) is 5.10 Å². The number of nitrogens with one attached hydrogen (secondary N) is 1. The van der Waals surface area contributed by atoms with Gasteiger partial charge in [0.1, 0.15) is 17.6 Å². The van der Waals surface area contributed by atoms with E-state index in [-0.39, 0.29) is 23.5 Å². The molecule has 4 heterocycles. The molecular weight excluding hydrogens is 437 g/mol. The lowest BCUT2D eigenvalue weighted by atomic mass is 10.1. The van der Waals surface area contributed by atoms with Crippen LogP contribution in [0.15, 0.2) is 74.8 Å². The van der Waals surface area contributed by atoms with E-state index in [1.807, 2.05) is 23.6 Å². The first kappa shape index (κ1) is 19.7. The Labute approximate surface area is 185 Å². The van der Waals surface area contributed by atoms with Crippen LogP contribution in [-0.4, -0.2) is 37.6 Å². The third-order valence-electron chi connectivity index (χ3n) is 4.76. The predicted octanol–water partition coefficient (Wildman–Crippen LogP) is 4.74. The highest BCUT2D eigenvalue weighted by molar-refractivity contribution is 7.99. The van der Waals surface area contributed by atoms with Gasteiger partial charge in [0.15, 0.2) is 5.82 Å². The molecule has 0 saturated carbocycles. The van der Waals surface area contributed by atoms with E-state index in [1.165, 1.54) is 22.8 Å². The molecule has 3 aromatic heterocycles. The molecule has 1 aromatic carbocycles. The minimum absolute atomic E-state index is 0.0903. The summed E-state index contributed by atoms with van der Waals surface area (Å²) < 4.78 is 19.5. The van der Waals surface area contributed by atoms with E-state index >= 15 is 0 Å². The molecule has 1 aliphatic heterocycles. The third-order valence-corrected chi connectivity index (χ3v) is 6.51. The molecule has 0 fully saturated rings. The number of halogens is 1. The number of furan rings is 1. The summed E-state index contributed by atoms with van der Waals surface area (Å²) in [6.45, 7) is 0. The van der Waals surface area contributed by atoms with Crippen LogP contribution in [0, 0.1) is 5.82 Å². The zero-order valence-electron chi connectivity index (χ0n) is 16.1. The molecule has 1 unspecified atom stereocenters. The number of hydrogen-bond acceptors (Lipinski definition) is 7. The van der Waals surface area contributed by atoms with Crippen molar-refractivity contribution in [2.45, 2.75) is 17.6 Å². The number of aromatic amines is 1. The van der Waals surface area contributed by atoms with Crippen LogP contribution >= 0.6 is 23.1 Å². The number of rotatable bonds is 6. The average Bonchev–Trinajstić information content (AvgIpc) is 3.57. The Hall–Kier alpha value is -3.24. The molecule has 31 heavy (non-hydrogen) atoms. The van der Waals surface area contributed by atoms with Gasteiger partial charge in [-0.15, -0.1) is 16.4 Å². The van der Waals surface area contributed by atoms with Gasteiger partial charge in [-0.1, -0.05) is 30.0 Å². The highest BCUT2D eigenvalue weighted by Gasteiger charge is 2.35. The van der Waals surface area contributed by atoms with Crippen LogP contribution in [0.4, 0.5) is 4.39 Å². The largest absolute Gasteiger partial charge is 0.467 e. The molecule has 156 valence electrons. The van der Waals surface area contributed by atoms with Gasteiger partial charge in [0, 0.05) is 6.42 Å². The Bertz CT molecular complexity index is 1220. The monoisotopic (exact) mass is 453 g/mol. The molecule has 1 amide bonds. The fourth-order valence-corrected chi connectivity index (χ4v) is 4.68. The van der Waals surface area contributed by atoms with E-state index in [4.69, 9.17) is 4.42 Å². The minimum Gasteiger partial charge on any atom is -0.467 e. The van der Waals surface area contributed by atoms with E-state index in [0.29, 0.717) is 28.7 Å². The molecule has 7 nitrogen and oxygen atoms in total. The van der Waals surface area contributed by atoms with E-state index < -0.39 is 0 Å².